The number of aromatic nitrogens is 4. The third-order valence-electron chi connectivity index (χ3n) is 3.64. The van der Waals surface area contributed by atoms with Gasteiger partial charge in [-0.3, -0.25) is 4.57 Å². The second-order valence-electron chi connectivity index (χ2n) is 4.97. The average molecular weight is 283 g/mol. The monoisotopic (exact) mass is 283 g/mol. The lowest BCUT2D eigenvalue weighted by Gasteiger charge is -2.13. The molecule has 8 heteroatoms. The van der Waals surface area contributed by atoms with E-state index in [0.29, 0.717) is 18.9 Å². The van der Waals surface area contributed by atoms with Crippen molar-refractivity contribution in [2.45, 2.75) is 32.9 Å². The van der Waals surface area contributed by atoms with Crippen LogP contribution in [0.5, 0.6) is 0 Å². The lowest BCUT2D eigenvalue weighted by atomic mass is 10.2. The van der Waals surface area contributed by atoms with Gasteiger partial charge in [-0.1, -0.05) is 0 Å². The van der Waals surface area contributed by atoms with Crippen LogP contribution in [0.25, 0.3) is 11.2 Å². The molecular formula is C11H17N5O2S. The zero-order valence-corrected chi connectivity index (χ0v) is 11.8. The number of rotatable bonds is 2. The van der Waals surface area contributed by atoms with Gasteiger partial charge in [0.25, 0.3) is 0 Å². The molecule has 19 heavy (non-hydrogen) atoms. The Morgan fingerprint density at radius 3 is 2.79 bits per heavy atom. The Balaban J connectivity index is 2.20. The van der Waals surface area contributed by atoms with Gasteiger partial charge in [-0.05, 0) is 20.3 Å². The van der Waals surface area contributed by atoms with E-state index in [0.717, 1.165) is 16.9 Å². The zero-order valence-electron chi connectivity index (χ0n) is 11.0. The molecule has 3 rings (SSSR count). The van der Waals surface area contributed by atoms with Crippen molar-refractivity contribution in [1.82, 2.24) is 19.3 Å². The van der Waals surface area contributed by atoms with E-state index in [1.54, 1.807) is 0 Å². The number of imidazole rings is 1. The van der Waals surface area contributed by atoms with E-state index in [-0.39, 0.29) is 17.5 Å². The van der Waals surface area contributed by atoms with Crippen molar-refractivity contribution in [3.63, 3.8) is 0 Å². The lowest BCUT2D eigenvalue weighted by molar-refractivity contribution is 0.552. The maximum Gasteiger partial charge on any atom is 0.202 e. The van der Waals surface area contributed by atoms with Gasteiger partial charge in [0.2, 0.25) is 5.95 Å². The summed E-state index contributed by atoms with van der Waals surface area (Å²) in [5.41, 5.74) is 8.40. The van der Waals surface area contributed by atoms with Crippen molar-refractivity contribution < 1.29 is 8.42 Å². The smallest absolute Gasteiger partial charge is 0.202 e. The molecule has 1 fully saturated rings. The summed E-state index contributed by atoms with van der Waals surface area (Å²) >= 11 is 0. The lowest BCUT2D eigenvalue weighted by Crippen LogP contribution is -2.15. The summed E-state index contributed by atoms with van der Waals surface area (Å²) in [5.74, 6) is 0.729. The van der Waals surface area contributed by atoms with Crippen LogP contribution in [0.3, 0.4) is 0 Å². The van der Waals surface area contributed by atoms with Crippen molar-refractivity contribution in [3.8, 4) is 0 Å². The molecule has 1 unspecified atom stereocenters. The van der Waals surface area contributed by atoms with Gasteiger partial charge in [0, 0.05) is 6.54 Å². The fraction of sp³-hybridized carbons (Fsp3) is 0.636. The molecule has 2 aromatic rings. The van der Waals surface area contributed by atoms with E-state index in [9.17, 15) is 8.42 Å². The number of nitrogens with zero attached hydrogens (tertiary/aromatic N) is 4. The Kier molecular flexibility index (Phi) is 2.60. The predicted molar refractivity (Wildman–Crippen MR) is 72.6 cm³/mol. The topological polar surface area (TPSA) is 95.8 Å². The van der Waals surface area contributed by atoms with Crippen LogP contribution in [0, 0.1) is 6.92 Å². The summed E-state index contributed by atoms with van der Waals surface area (Å²) in [6, 6.07) is -0.128. The summed E-state index contributed by atoms with van der Waals surface area (Å²) in [6.45, 7) is 4.58. The van der Waals surface area contributed by atoms with Crippen LogP contribution in [0.2, 0.25) is 0 Å². The molecule has 3 heterocycles. The Labute approximate surface area is 111 Å². The van der Waals surface area contributed by atoms with Crippen molar-refractivity contribution in [1.29, 1.82) is 0 Å². The maximum absolute atomic E-state index is 11.6. The molecule has 2 N–H and O–H groups in total. The Morgan fingerprint density at radius 2 is 2.21 bits per heavy atom. The third-order valence-corrected chi connectivity index (χ3v) is 5.39. The standard InChI is InChI=1S/C11H17N5O2S/c1-3-15-10-9(7(2)14-15)13-11(12)16(10)8-4-5-19(17,18)6-8/h8H,3-6H2,1-2H3,(H2,12,13). The first-order valence-electron chi connectivity index (χ1n) is 6.34. The van der Waals surface area contributed by atoms with E-state index < -0.39 is 9.84 Å². The molecule has 0 aromatic carbocycles. The molecule has 1 aliphatic rings. The van der Waals surface area contributed by atoms with Gasteiger partial charge in [0.05, 0.1) is 23.2 Å². The van der Waals surface area contributed by atoms with Gasteiger partial charge in [-0.15, -0.1) is 0 Å². The minimum absolute atomic E-state index is 0.128. The molecule has 1 saturated heterocycles. The van der Waals surface area contributed by atoms with Crippen LogP contribution < -0.4 is 5.73 Å². The molecule has 7 nitrogen and oxygen atoms in total. The quantitative estimate of drug-likeness (QED) is 0.866. The normalized spacial score (nSPS) is 22.3. The number of hydrogen-bond acceptors (Lipinski definition) is 5. The number of nitrogen functional groups attached to an aromatic ring is 1. The molecule has 0 spiro atoms. The Bertz CT molecular complexity index is 743. The largest absolute Gasteiger partial charge is 0.369 e. The van der Waals surface area contributed by atoms with Crippen LogP contribution in [0.15, 0.2) is 0 Å². The number of hydrogen-bond donors (Lipinski definition) is 1. The second-order valence-corrected chi connectivity index (χ2v) is 7.20. The van der Waals surface area contributed by atoms with E-state index in [2.05, 4.69) is 10.1 Å². The summed E-state index contributed by atoms with van der Waals surface area (Å²) < 4.78 is 27.0. The van der Waals surface area contributed by atoms with E-state index >= 15 is 0 Å². The number of fused-ring (bicyclic) bond motifs is 1. The van der Waals surface area contributed by atoms with Crippen LogP contribution in [-0.2, 0) is 16.4 Å². The van der Waals surface area contributed by atoms with Gasteiger partial charge in [0.15, 0.2) is 15.5 Å². The predicted octanol–water partition coefficient (Wildman–Crippen LogP) is 0.503. The highest BCUT2D eigenvalue weighted by atomic mass is 32.2. The summed E-state index contributed by atoms with van der Waals surface area (Å²) in [4.78, 5) is 4.34. The number of sulfone groups is 1. The van der Waals surface area contributed by atoms with Crippen LogP contribution >= 0.6 is 0 Å². The van der Waals surface area contributed by atoms with Crippen LogP contribution in [-0.4, -0.2) is 39.3 Å². The molecule has 1 atom stereocenters. The molecule has 0 radical (unpaired) electrons. The van der Waals surface area contributed by atoms with Crippen LogP contribution in [0.1, 0.15) is 25.1 Å². The first-order chi connectivity index (χ1) is 8.93. The van der Waals surface area contributed by atoms with E-state index in [1.807, 2.05) is 23.1 Å². The van der Waals surface area contributed by atoms with Gasteiger partial charge >= 0.3 is 0 Å². The van der Waals surface area contributed by atoms with Crippen molar-refractivity contribution in [2.24, 2.45) is 0 Å². The third kappa shape index (κ3) is 1.81. The van der Waals surface area contributed by atoms with Crippen LogP contribution in [0.4, 0.5) is 5.95 Å². The summed E-state index contributed by atoms with van der Waals surface area (Å²) in [5, 5.41) is 4.41. The molecule has 0 amide bonds. The molecule has 0 saturated carbocycles. The highest BCUT2D eigenvalue weighted by Gasteiger charge is 2.32. The second kappa shape index (κ2) is 3.96. The molecular weight excluding hydrogens is 266 g/mol. The van der Waals surface area contributed by atoms with Crippen molar-refractivity contribution >= 4 is 26.9 Å². The minimum Gasteiger partial charge on any atom is -0.369 e. The minimum atomic E-state index is -2.95. The van der Waals surface area contributed by atoms with E-state index in [4.69, 9.17) is 5.73 Å². The SMILES string of the molecule is CCn1nc(C)c2nc(N)n(C3CCS(=O)(=O)C3)c21. The average Bonchev–Trinajstić information content (AvgIpc) is 2.94. The van der Waals surface area contributed by atoms with Crippen molar-refractivity contribution in [2.75, 3.05) is 17.2 Å². The molecule has 0 bridgehead atoms. The zero-order chi connectivity index (χ0) is 13.8. The highest BCUT2D eigenvalue weighted by molar-refractivity contribution is 7.91. The van der Waals surface area contributed by atoms with Gasteiger partial charge in [-0.25, -0.2) is 18.1 Å². The molecule has 0 aliphatic carbocycles. The van der Waals surface area contributed by atoms with Gasteiger partial charge < -0.3 is 5.73 Å². The Hall–Kier alpha value is -1.57. The summed E-state index contributed by atoms with van der Waals surface area (Å²) in [7, 11) is -2.95. The highest BCUT2D eigenvalue weighted by Crippen LogP contribution is 2.31. The number of aryl methyl sites for hydroxylation is 2. The van der Waals surface area contributed by atoms with E-state index in [1.165, 1.54) is 0 Å². The number of anilines is 1. The van der Waals surface area contributed by atoms with Gasteiger partial charge in [-0.2, -0.15) is 5.10 Å². The van der Waals surface area contributed by atoms with Crippen molar-refractivity contribution in [3.05, 3.63) is 5.69 Å². The first-order valence-corrected chi connectivity index (χ1v) is 8.16. The van der Waals surface area contributed by atoms with Gasteiger partial charge in [0.1, 0.15) is 5.52 Å². The fourth-order valence-corrected chi connectivity index (χ4v) is 4.47. The number of nitrogens with two attached hydrogens (primary N) is 1. The molecule has 2 aromatic heterocycles. The maximum atomic E-state index is 11.6. The molecule has 1 aliphatic heterocycles. The summed E-state index contributed by atoms with van der Waals surface area (Å²) in [6.07, 6.45) is 0.589. The fourth-order valence-electron chi connectivity index (χ4n) is 2.77. The first kappa shape index (κ1) is 12.5. The molecule has 104 valence electrons. The Morgan fingerprint density at radius 1 is 1.47 bits per heavy atom.